The second-order valence-corrected chi connectivity index (χ2v) is 8.15. The topological polar surface area (TPSA) is 107 Å². The number of amides is 1. The quantitative estimate of drug-likeness (QED) is 0.555. The van der Waals surface area contributed by atoms with E-state index in [-0.39, 0.29) is 28.0 Å². The monoisotopic (exact) mass is 396 g/mol. The number of fused-ring (bicyclic) bond motifs is 1. The van der Waals surface area contributed by atoms with E-state index in [0.717, 1.165) is 10.9 Å². The van der Waals surface area contributed by atoms with Crippen LogP contribution in [0.5, 0.6) is 0 Å². The van der Waals surface area contributed by atoms with Crippen molar-refractivity contribution in [3.05, 3.63) is 72.5 Å². The molecule has 3 heterocycles. The van der Waals surface area contributed by atoms with Crippen LogP contribution in [0.2, 0.25) is 0 Å². The van der Waals surface area contributed by atoms with Crippen molar-refractivity contribution >= 4 is 26.7 Å². The maximum absolute atomic E-state index is 12.6. The molecule has 3 aromatic heterocycles. The van der Waals surface area contributed by atoms with Gasteiger partial charge in [-0.15, -0.1) is 0 Å². The van der Waals surface area contributed by atoms with Crippen LogP contribution in [0, 0.1) is 0 Å². The number of hydrogen-bond acceptors (Lipinski definition) is 6. The zero-order valence-electron chi connectivity index (χ0n) is 14.9. The van der Waals surface area contributed by atoms with Crippen molar-refractivity contribution in [1.82, 2.24) is 20.1 Å². The van der Waals surface area contributed by atoms with Gasteiger partial charge in [0.15, 0.2) is 11.3 Å². The number of nitrogens with zero attached hydrogens (tertiary/aromatic N) is 3. The fourth-order valence-electron chi connectivity index (χ4n) is 2.73. The van der Waals surface area contributed by atoms with Crippen LogP contribution in [0.1, 0.15) is 16.1 Å². The lowest BCUT2D eigenvalue weighted by molar-refractivity contribution is 0.0925. The molecule has 0 fully saturated rings. The Morgan fingerprint density at radius 3 is 2.61 bits per heavy atom. The molecule has 0 bridgehead atoms. The molecule has 1 amide bonds. The number of pyridine rings is 1. The van der Waals surface area contributed by atoms with Crippen LogP contribution < -0.4 is 5.32 Å². The highest BCUT2D eigenvalue weighted by atomic mass is 32.2. The summed E-state index contributed by atoms with van der Waals surface area (Å²) < 4.78 is 32.0. The van der Waals surface area contributed by atoms with Crippen LogP contribution >= 0.6 is 0 Å². The van der Waals surface area contributed by atoms with Crippen molar-refractivity contribution < 1.29 is 17.6 Å². The summed E-state index contributed by atoms with van der Waals surface area (Å²) in [7, 11) is -1.96. The fraction of sp³-hybridized carbons (Fsp3) is 0.105. The molecule has 1 aromatic carbocycles. The normalized spacial score (nSPS) is 11.6. The molecule has 8 nitrogen and oxygen atoms in total. The van der Waals surface area contributed by atoms with Gasteiger partial charge in [0.1, 0.15) is 4.90 Å². The van der Waals surface area contributed by atoms with Crippen LogP contribution in [0.4, 0.5) is 0 Å². The molecule has 1 N–H and O–H groups in total. The SMILES string of the molecule is Cn1cc(S(=O)(=O)c2ccc(CNC(=O)c3cc4ccncc4o3)cc2)cn1. The minimum Gasteiger partial charge on any atom is -0.449 e. The number of carbonyl (C=O) groups excluding carboxylic acids is 1. The molecular formula is C19H16N4O4S. The average Bonchev–Trinajstić information content (AvgIpc) is 3.33. The molecule has 0 radical (unpaired) electrons. The highest BCUT2D eigenvalue weighted by Crippen LogP contribution is 2.21. The second kappa shape index (κ2) is 6.93. The number of nitrogens with one attached hydrogen (secondary N) is 1. The van der Waals surface area contributed by atoms with Gasteiger partial charge in [0.25, 0.3) is 5.91 Å². The third-order valence-electron chi connectivity index (χ3n) is 4.22. The molecule has 0 saturated heterocycles. The van der Waals surface area contributed by atoms with Crippen LogP contribution in [0.25, 0.3) is 11.0 Å². The van der Waals surface area contributed by atoms with Crippen molar-refractivity contribution in [1.29, 1.82) is 0 Å². The molecule has 0 saturated carbocycles. The van der Waals surface area contributed by atoms with Crippen LogP contribution in [-0.2, 0) is 23.4 Å². The molecule has 4 aromatic rings. The van der Waals surface area contributed by atoms with Crippen LogP contribution in [0.3, 0.4) is 0 Å². The Labute approximate surface area is 160 Å². The summed E-state index contributed by atoms with van der Waals surface area (Å²) in [6.07, 6.45) is 5.94. The van der Waals surface area contributed by atoms with E-state index in [1.54, 1.807) is 43.7 Å². The third kappa shape index (κ3) is 3.39. The molecule has 0 unspecified atom stereocenters. The van der Waals surface area contributed by atoms with Crippen molar-refractivity contribution in [3.63, 3.8) is 0 Å². The minimum atomic E-state index is -3.62. The second-order valence-electron chi connectivity index (χ2n) is 6.20. The van der Waals surface area contributed by atoms with Crippen molar-refractivity contribution in [2.75, 3.05) is 0 Å². The lowest BCUT2D eigenvalue weighted by atomic mass is 10.2. The minimum absolute atomic E-state index is 0.135. The number of aromatic nitrogens is 3. The standard InChI is InChI=1S/C19H16N4O4S/c1-23-12-16(10-22-23)28(25,26)15-4-2-13(3-5-15)9-21-19(24)17-8-14-6-7-20-11-18(14)27-17/h2-8,10-12H,9H2,1H3,(H,21,24). The Bertz CT molecular complexity index is 1220. The number of hydrogen-bond donors (Lipinski definition) is 1. The summed E-state index contributed by atoms with van der Waals surface area (Å²) in [5.74, 6) is -0.165. The van der Waals surface area contributed by atoms with E-state index in [1.807, 2.05) is 0 Å². The van der Waals surface area contributed by atoms with Crippen molar-refractivity contribution in [2.45, 2.75) is 16.3 Å². The zero-order valence-corrected chi connectivity index (χ0v) is 15.7. The fourth-order valence-corrected chi connectivity index (χ4v) is 3.97. The lowest BCUT2D eigenvalue weighted by Crippen LogP contribution is -2.22. The molecule has 0 aliphatic heterocycles. The molecule has 0 aliphatic rings. The highest BCUT2D eigenvalue weighted by molar-refractivity contribution is 7.91. The maximum Gasteiger partial charge on any atom is 0.287 e. The van der Waals surface area contributed by atoms with Gasteiger partial charge < -0.3 is 9.73 Å². The first-order valence-electron chi connectivity index (χ1n) is 8.38. The summed E-state index contributed by atoms with van der Waals surface area (Å²) >= 11 is 0. The zero-order chi connectivity index (χ0) is 19.7. The Kier molecular flexibility index (Phi) is 4.44. The van der Waals surface area contributed by atoms with Gasteiger partial charge in [-0.1, -0.05) is 12.1 Å². The number of furan rings is 1. The van der Waals surface area contributed by atoms with E-state index in [9.17, 15) is 13.2 Å². The Morgan fingerprint density at radius 2 is 1.93 bits per heavy atom. The summed E-state index contributed by atoms with van der Waals surface area (Å²) in [5.41, 5.74) is 1.30. The molecule has 0 aliphatic carbocycles. The van der Waals surface area contributed by atoms with Gasteiger partial charge in [0.05, 0.1) is 17.3 Å². The summed E-state index contributed by atoms with van der Waals surface area (Å²) in [4.78, 5) is 16.5. The first kappa shape index (κ1) is 17.9. The number of rotatable bonds is 5. The maximum atomic E-state index is 12.6. The number of sulfone groups is 1. The van der Waals surface area contributed by atoms with Gasteiger partial charge in [-0.2, -0.15) is 5.10 Å². The Hall–Kier alpha value is -3.46. The van der Waals surface area contributed by atoms with Gasteiger partial charge in [-0.3, -0.25) is 14.5 Å². The molecule has 0 atom stereocenters. The first-order chi connectivity index (χ1) is 13.4. The Morgan fingerprint density at radius 1 is 1.14 bits per heavy atom. The van der Waals surface area contributed by atoms with Gasteiger partial charge in [-0.05, 0) is 29.8 Å². The predicted molar refractivity (Wildman–Crippen MR) is 100 cm³/mol. The molecule has 142 valence electrons. The first-order valence-corrected chi connectivity index (χ1v) is 9.86. The number of benzene rings is 1. The van der Waals surface area contributed by atoms with E-state index in [4.69, 9.17) is 4.42 Å². The summed E-state index contributed by atoms with van der Waals surface area (Å²) in [6.45, 7) is 0.237. The van der Waals surface area contributed by atoms with Gasteiger partial charge in [0, 0.05) is 31.4 Å². The van der Waals surface area contributed by atoms with Gasteiger partial charge in [-0.25, -0.2) is 8.42 Å². The van der Waals surface area contributed by atoms with Crippen LogP contribution in [0.15, 0.2) is 75.4 Å². The van der Waals surface area contributed by atoms with Crippen molar-refractivity contribution in [3.8, 4) is 0 Å². The molecule has 9 heteroatoms. The Balaban J connectivity index is 1.45. The predicted octanol–water partition coefficient (Wildman–Crippen LogP) is 2.32. The van der Waals surface area contributed by atoms with E-state index < -0.39 is 9.84 Å². The summed E-state index contributed by atoms with van der Waals surface area (Å²) in [6, 6.07) is 9.75. The average molecular weight is 396 g/mol. The molecular weight excluding hydrogens is 380 g/mol. The highest BCUT2D eigenvalue weighted by Gasteiger charge is 2.19. The van der Waals surface area contributed by atoms with Gasteiger partial charge >= 0.3 is 0 Å². The van der Waals surface area contributed by atoms with Crippen LogP contribution in [-0.4, -0.2) is 29.1 Å². The van der Waals surface area contributed by atoms with E-state index in [0.29, 0.717) is 5.58 Å². The third-order valence-corrected chi connectivity index (χ3v) is 5.95. The molecule has 4 rings (SSSR count). The molecule has 28 heavy (non-hydrogen) atoms. The number of carbonyl (C=O) groups is 1. The smallest absolute Gasteiger partial charge is 0.287 e. The van der Waals surface area contributed by atoms with E-state index in [1.165, 1.54) is 29.2 Å². The van der Waals surface area contributed by atoms with Gasteiger partial charge in [0.2, 0.25) is 9.84 Å². The number of aryl methyl sites for hydroxylation is 1. The van der Waals surface area contributed by atoms with Crippen molar-refractivity contribution in [2.24, 2.45) is 7.05 Å². The summed E-state index contributed by atoms with van der Waals surface area (Å²) in [5, 5.41) is 7.45. The molecule has 0 spiro atoms. The lowest BCUT2D eigenvalue weighted by Gasteiger charge is -2.06. The van der Waals surface area contributed by atoms with E-state index >= 15 is 0 Å². The van der Waals surface area contributed by atoms with E-state index in [2.05, 4.69) is 15.4 Å². The largest absolute Gasteiger partial charge is 0.449 e.